The van der Waals surface area contributed by atoms with E-state index in [9.17, 15) is 0 Å². The molecule has 94 valence electrons. The third-order valence-electron chi connectivity index (χ3n) is 3.57. The molecule has 0 amide bonds. The third-order valence-corrected chi connectivity index (χ3v) is 3.57. The van der Waals surface area contributed by atoms with E-state index >= 15 is 0 Å². The van der Waals surface area contributed by atoms with Crippen LogP contribution in [0.3, 0.4) is 0 Å². The molecular weight excluding hydrogens is 212 g/mol. The van der Waals surface area contributed by atoms with Gasteiger partial charge in [-0.15, -0.1) is 0 Å². The lowest BCUT2D eigenvalue weighted by atomic mass is 10.0. The maximum atomic E-state index is 5.78. The standard InChI is InChI=1S/C13H22N4/c1-9(2)12-6-13(16-8-15-12)17-11-5-3-4-10(11)7-14/h6,8-11H,3-5,7,14H2,1-2H3,(H,15,16,17). The van der Waals surface area contributed by atoms with Crippen LogP contribution in [0.25, 0.3) is 0 Å². The molecule has 0 bridgehead atoms. The highest BCUT2D eigenvalue weighted by molar-refractivity contribution is 5.37. The summed E-state index contributed by atoms with van der Waals surface area (Å²) in [5, 5.41) is 3.51. The molecule has 2 unspecified atom stereocenters. The Morgan fingerprint density at radius 1 is 1.41 bits per heavy atom. The summed E-state index contributed by atoms with van der Waals surface area (Å²) in [4.78, 5) is 8.57. The van der Waals surface area contributed by atoms with Crippen molar-refractivity contribution in [3.8, 4) is 0 Å². The van der Waals surface area contributed by atoms with Crippen molar-refractivity contribution in [2.45, 2.75) is 45.1 Å². The van der Waals surface area contributed by atoms with Crippen LogP contribution in [0.5, 0.6) is 0 Å². The van der Waals surface area contributed by atoms with Crippen LogP contribution in [0.2, 0.25) is 0 Å². The molecular formula is C13H22N4. The van der Waals surface area contributed by atoms with Gasteiger partial charge < -0.3 is 11.1 Å². The molecule has 3 N–H and O–H groups in total. The average Bonchev–Trinajstić information content (AvgIpc) is 2.76. The third kappa shape index (κ3) is 2.94. The van der Waals surface area contributed by atoms with Crippen molar-refractivity contribution < 1.29 is 0 Å². The summed E-state index contributed by atoms with van der Waals surface area (Å²) in [5.41, 5.74) is 6.87. The van der Waals surface area contributed by atoms with E-state index in [1.807, 2.05) is 0 Å². The Kier molecular flexibility index (Phi) is 3.94. The number of hydrogen-bond donors (Lipinski definition) is 2. The summed E-state index contributed by atoms with van der Waals surface area (Å²) >= 11 is 0. The van der Waals surface area contributed by atoms with Gasteiger partial charge in [0.2, 0.25) is 0 Å². The molecule has 0 aromatic carbocycles. The first-order chi connectivity index (χ1) is 8.20. The van der Waals surface area contributed by atoms with E-state index in [0.717, 1.165) is 18.1 Å². The van der Waals surface area contributed by atoms with Crippen LogP contribution in [0.4, 0.5) is 5.82 Å². The Hall–Kier alpha value is -1.16. The SMILES string of the molecule is CC(C)c1cc(NC2CCCC2CN)ncn1. The van der Waals surface area contributed by atoms with Crippen LogP contribution in [0.1, 0.15) is 44.7 Å². The summed E-state index contributed by atoms with van der Waals surface area (Å²) in [6.07, 6.45) is 5.34. The molecule has 0 spiro atoms. The number of nitrogens with zero attached hydrogens (tertiary/aromatic N) is 2. The Labute approximate surface area is 103 Å². The number of nitrogens with two attached hydrogens (primary N) is 1. The van der Waals surface area contributed by atoms with Crippen molar-refractivity contribution in [3.05, 3.63) is 18.1 Å². The molecule has 1 aliphatic carbocycles. The Morgan fingerprint density at radius 2 is 2.24 bits per heavy atom. The first-order valence-electron chi connectivity index (χ1n) is 6.49. The van der Waals surface area contributed by atoms with Gasteiger partial charge in [-0.2, -0.15) is 0 Å². The molecule has 2 atom stereocenters. The van der Waals surface area contributed by atoms with Crippen LogP contribution in [-0.2, 0) is 0 Å². The van der Waals surface area contributed by atoms with Crippen molar-refractivity contribution in [2.75, 3.05) is 11.9 Å². The van der Waals surface area contributed by atoms with Gasteiger partial charge in [0, 0.05) is 17.8 Å². The zero-order valence-electron chi connectivity index (χ0n) is 10.7. The largest absolute Gasteiger partial charge is 0.367 e. The lowest BCUT2D eigenvalue weighted by molar-refractivity contribution is 0.515. The van der Waals surface area contributed by atoms with Crippen molar-refractivity contribution >= 4 is 5.82 Å². The van der Waals surface area contributed by atoms with Crippen molar-refractivity contribution in [2.24, 2.45) is 11.7 Å². The molecule has 2 rings (SSSR count). The summed E-state index contributed by atoms with van der Waals surface area (Å²) in [7, 11) is 0. The summed E-state index contributed by atoms with van der Waals surface area (Å²) < 4.78 is 0. The topological polar surface area (TPSA) is 63.8 Å². The number of hydrogen-bond acceptors (Lipinski definition) is 4. The zero-order valence-corrected chi connectivity index (χ0v) is 10.7. The lowest BCUT2D eigenvalue weighted by Crippen LogP contribution is -2.29. The van der Waals surface area contributed by atoms with Gasteiger partial charge in [-0.1, -0.05) is 20.3 Å². The maximum Gasteiger partial charge on any atom is 0.129 e. The molecule has 1 fully saturated rings. The highest BCUT2D eigenvalue weighted by Gasteiger charge is 2.26. The second-order valence-electron chi connectivity index (χ2n) is 5.16. The molecule has 1 heterocycles. The average molecular weight is 234 g/mol. The van der Waals surface area contributed by atoms with Crippen molar-refractivity contribution in [1.29, 1.82) is 0 Å². The van der Waals surface area contributed by atoms with E-state index in [-0.39, 0.29) is 0 Å². The van der Waals surface area contributed by atoms with E-state index in [1.165, 1.54) is 19.3 Å². The first kappa shape index (κ1) is 12.3. The van der Waals surface area contributed by atoms with E-state index in [2.05, 4.69) is 35.2 Å². The summed E-state index contributed by atoms with van der Waals surface area (Å²) in [6, 6.07) is 2.53. The van der Waals surface area contributed by atoms with Crippen LogP contribution >= 0.6 is 0 Å². The Bertz CT molecular complexity index is 364. The normalized spacial score (nSPS) is 24.2. The van der Waals surface area contributed by atoms with E-state index in [0.29, 0.717) is 17.9 Å². The number of aromatic nitrogens is 2. The number of anilines is 1. The second-order valence-corrected chi connectivity index (χ2v) is 5.16. The minimum absolute atomic E-state index is 0.437. The predicted octanol–water partition coefficient (Wildman–Crippen LogP) is 2.14. The minimum atomic E-state index is 0.437. The quantitative estimate of drug-likeness (QED) is 0.837. The van der Waals surface area contributed by atoms with Crippen LogP contribution < -0.4 is 11.1 Å². The molecule has 4 nitrogen and oxygen atoms in total. The molecule has 0 saturated heterocycles. The van der Waals surface area contributed by atoms with E-state index < -0.39 is 0 Å². The fraction of sp³-hybridized carbons (Fsp3) is 0.692. The van der Waals surface area contributed by atoms with Gasteiger partial charge in [0.15, 0.2) is 0 Å². The fourth-order valence-electron chi connectivity index (χ4n) is 2.47. The first-order valence-corrected chi connectivity index (χ1v) is 6.49. The maximum absolute atomic E-state index is 5.78. The van der Waals surface area contributed by atoms with Gasteiger partial charge in [-0.3, -0.25) is 0 Å². The van der Waals surface area contributed by atoms with Gasteiger partial charge in [0.05, 0.1) is 0 Å². The van der Waals surface area contributed by atoms with Gasteiger partial charge in [-0.25, -0.2) is 9.97 Å². The molecule has 0 radical (unpaired) electrons. The van der Waals surface area contributed by atoms with Crippen molar-refractivity contribution in [3.63, 3.8) is 0 Å². The summed E-state index contributed by atoms with van der Waals surface area (Å²) in [5.74, 6) is 1.97. The number of nitrogens with one attached hydrogen (secondary N) is 1. The Morgan fingerprint density at radius 3 is 2.94 bits per heavy atom. The van der Waals surface area contributed by atoms with Gasteiger partial charge in [0.25, 0.3) is 0 Å². The smallest absolute Gasteiger partial charge is 0.129 e. The highest BCUT2D eigenvalue weighted by Crippen LogP contribution is 2.27. The molecule has 17 heavy (non-hydrogen) atoms. The molecule has 1 aliphatic rings. The highest BCUT2D eigenvalue weighted by atomic mass is 15.0. The monoisotopic (exact) mass is 234 g/mol. The van der Waals surface area contributed by atoms with Crippen LogP contribution in [0, 0.1) is 5.92 Å². The molecule has 4 heteroatoms. The molecule has 1 aromatic heterocycles. The molecule has 1 aromatic rings. The number of rotatable bonds is 4. The van der Waals surface area contributed by atoms with Gasteiger partial charge in [-0.05, 0) is 31.2 Å². The minimum Gasteiger partial charge on any atom is -0.367 e. The molecule has 1 saturated carbocycles. The van der Waals surface area contributed by atoms with Crippen LogP contribution in [-0.4, -0.2) is 22.6 Å². The second kappa shape index (κ2) is 5.45. The predicted molar refractivity (Wildman–Crippen MR) is 69.9 cm³/mol. The van der Waals surface area contributed by atoms with Crippen molar-refractivity contribution in [1.82, 2.24) is 9.97 Å². The lowest BCUT2D eigenvalue weighted by Gasteiger charge is -2.20. The summed E-state index contributed by atoms with van der Waals surface area (Å²) in [6.45, 7) is 5.05. The van der Waals surface area contributed by atoms with E-state index in [1.54, 1.807) is 6.33 Å². The van der Waals surface area contributed by atoms with Gasteiger partial charge in [0.1, 0.15) is 12.1 Å². The van der Waals surface area contributed by atoms with Crippen LogP contribution in [0.15, 0.2) is 12.4 Å². The van der Waals surface area contributed by atoms with Gasteiger partial charge >= 0.3 is 0 Å². The fourth-order valence-corrected chi connectivity index (χ4v) is 2.47. The molecule has 0 aliphatic heterocycles. The Balaban J connectivity index is 2.05. The zero-order chi connectivity index (χ0) is 12.3. The van der Waals surface area contributed by atoms with E-state index in [4.69, 9.17) is 5.73 Å².